The molecule has 1 fully saturated rings. The molecule has 0 aliphatic carbocycles. The molecule has 3 heterocycles. The van der Waals surface area contributed by atoms with Gasteiger partial charge in [0.15, 0.2) is 0 Å². The van der Waals surface area contributed by atoms with Crippen LogP contribution in [-0.4, -0.2) is 28.8 Å². The molecule has 6 nitrogen and oxygen atoms in total. The van der Waals surface area contributed by atoms with Crippen molar-refractivity contribution in [1.29, 1.82) is 0 Å². The molecule has 0 spiro atoms. The Labute approximate surface area is 135 Å². The van der Waals surface area contributed by atoms with Crippen LogP contribution in [0.3, 0.4) is 0 Å². The highest BCUT2D eigenvalue weighted by molar-refractivity contribution is 5.85. The van der Waals surface area contributed by atoms with Crippen LogP contribution in [0.5, 0.6) is 0 Å². The Morgan fingerprint density at radius 2 is 2.41 bits per heavy atom. The van der Waals surface area contributed by atoms with Crippen molar-refractivity contribution in [2.75, 3.05) is 13.1 Å². The molecule has 1 aliphatic heterocycles. The zero-order valence-corrected chi connectivity index (χ0v) is 13.1. The Balaban J connectivity index is 0.00000176. The topological polar surface area (TPSA) is 72.1 Å². The Morgan fingerprint density at radius 1 is 1.50 bits per heavy atom. The van der Waals surface area contributed by atoms with Crippen LogP contribution >= 0.6 is 12.4 Å². The van der Waals surface area contributed by atoms with Gasteiger partial charge in [0.25, 0.3) is 0 Å². The highest BCUT2D eigenvalue weighted by Gasteiger charge is 2.17. The Bertz CT molecular complexity index is 576. The van der Waals surface area contributed by atoms with Crippen LogP contribution in [0, 0.1) is 0 Å². The lowest BCUT2D eigenvalue weighted by molar-refractivity contribution is -0.122. The van der Waals surface area contributed by atoms with E-state index in [0.29, 0.717) is 12.5 Å². The number of hydrogen-bond acceptors (Lipinski definition) is 4. The minimum Gasteiger partial charge on any atom is -0.472 e. The van der Waals surface area contributed by atoms with Gasteiger partial charge in [-0.3, -0.25) is 9.48 Å². The number of carbonyl (C=O) groups is 1. The smallest absolute Gasteiger partial charge is 0.241 e. The minimum atomic E-state index is -0.0485. The second kappa shape index (κ2) is 8.00. The maximum Gasteiger partial charge on any atom is 0.241 e. The van der Waals surface area contributed by atoms with Gasteiger partial charge in [0.1, 0.15) is 6.54 Å². The van der Waals surface area contributed by atoms with E-state index in [1.807, 2.05) is 18.3 Å². The third kappa shape index (κ3) is 4.35. The fraction of sp³-hybridized carbons (Fsp3) is 0.467. The molecule has 1 unspecified atom stereocenters. The first kappa shape index (κ1) is 16.6. The van der Waals surface area contributed by atoms with Gasteiger partial charge in [-0.15, -0.1) is 12.4 Å². The van der Waals surface area contributed by atoms with Gasteiger partial charge in [0.05, 0.1) is 18.2 Å². The Morgan fingerprint density at radius 3 is 3.14 bits per heavy atom. The van der Waals surface area contributed by atoms with Crippen molar-refractivity contribution >= 4 is 18.3 Å². The number of amides is 1. The summed E-state index contributed by atoms with van der Waals surface area (Å²) in [5.74, 6) is 0.418. The summed E-state index contributed by atoms with van der Waals surface area (Å²) in [5, 5.41) is 10.7. The number of rotatable bonds is 5. The van der Waals surface area contributed by atoms with Crippen LogP contribution in [0.2, 0.25) is 0 Å². The summed E-state index contributed by atoms with van der Waals surface area (Å²) in [6.07, 6.45) is 7.45. The van der Waals surface area contributed by atoms with Gasteiger partial charge in [0, 0.05) is 30.8 Å². The van der Waals surface area contributed by atoms with E-state index in [-0.39, 0.29) is 24.9 Å². The highest BCUT2D eigenvalue weighted by atomic mass is 35.5. The zero-order chi connectivity index (χ0) is 14.5. The van der Waals surface area contributed by atoms with Crippen molar-refractivity contribution in [3.8, 4) is 0 Å². The van der Waals surface area contributed by atoms with Crippen LogP contribution in [0.1, 0.15) is 30.0 Å². The van der Waals surface area contributed by atoms with Gasteiger partial charge >= 0.3 is 0 Å². The maximum atomic E-state index is 11.9. The lowest BCUT2D eigenvalue weighted by atomic mass is 9.97. The second-order valence-corrected chi connectivity index (χ2v) is 5.39. The van der Waals surface area contributed by atoms with Gasteiger partial charge in [0.2, 0.25) is 5.91 Å². The molecule has 120 valence electrons. The van der Waals surface area contributed by atoms with E-state index in [9.17, 15) is 4.79 Å². The number of halogens is 1. The highest BCUT2D eigenvalue weighted by Crippen LogP contribution is 2.21. The van der Waals surface area contributed by atoms with Crippen molar-refractivity contribution < 1.29 is 9.21 Å². The van der Waals surface area contributed by atoms with Crippen LogP contribution in [0.15, 0.2) is 35.3 Å². The SMILES string of the molecule is Cl.O=C(Cn1ccc(C2CCCNC2)n1)NCc1ccoc1. The van der Waals surface area contributed by atoms with E-state index in [4.69, 9.17) is 4.42 Å². The Hall–Kier alpha value is -1.79. The lowest BCUT2D eigenvalue weighted by Gasteiger charge is -2.20. The van der Waals surface area contributed by atoms with E-state index >= 15 is 0 Å². The van der Waals surface area contributed by atoms with E-state index < -0.39 is 0 Å². The average molecular weight is 325 g/mol. The summed E-state index contributed by atoms with van der Waals surface area (Å²) in [4.78, 5) is 11.9. The normalized spacial score (nSPS) is 17.7. The summed E-state index contributed by atoms with van der Waals surface area (Å²) in [6.45, 7) is 2.80. The van der Waals surface area contributed by atoms with Crippen LogP contribution in [-0.2, 0) is 17.9 Å². The number of piperidine rings is 1. The first-order chi connectivity index (χ1) is 10.3. The van der Waals surface area contributed by atoms with Crippen LogP contribution in [0.4, 0.5) is 0 Å². The number of nitrogens with one attached hydrogen (secondary N) is 2. The van der Waals surface area contributed by atoms with Crippen molar-refractivity contribution in [3.05, 3.63) is 42.1 Å². The number of aromatic nitrogens is 2. The molecule has 1 amide bonds. The summed E-state index contributed by atoms with van der Waals surface area (Å²) in [7, 11) is 0. The van der Waals surface area contributed by atoms with Crippen molar-refractivity contribution in [1.82, 2.24) is 20.4 Å². The largest absolute Gasteiger partial charge is 0.472 e. The molecule has 2 N–H and O–H groups in total. The first-order valence-electron chi connectivity index (χ1n) is 7.33. The standard InChI is InChI=1S/C15H20N4O2.ClH/c20-15(17-8-12-4-7-21-11-12)10-19-6-3-14(18-19)13-2-1-5-16-9-13;/h3-4,6-7,11,13,16H,1-2,5,8-10H2,(H,17,20);1H. The molecule has 7 heteroatoms. The van der Waals surface area contributed by atoms with E-state index in [0.717, 1.165) is 30.8 Å². The molecule has 2 aromatic heterocycles. The molecule has 0 aromatic carbocycles. The number of hydrogen-bond donors (Lipinski definition) is 2. The first-order valence-corrected chi connectivity index (χ1v) is 7.33. The predicted molar refractivity (Wildman–Crippen MR) is 84.9 cm³/mol. The maximum absolute atomic E-state index is 11.9. The monoisotopic (exact) mass is 324 g/mol. The van der Waals surface area contributed by atoms with E-state index in [2.05, 4.69) is 15.7 Å². The molecule has 3 rings (SSSR count). The third-order valence-corrected chi connectivity index (χ3v) is 3.75. The average Bonchev–Trinajstić information content (AvgIpc) is 3.17. The summed E-state index contributed by atoms with van der Waals surface area (Å²) >= 11 is 0. The molecule has 1 aliphatic rings. The van der Waals surface area contributed by atoms with E-state index in [1.165, 1.54) is 6.42 Å². The molecule has 2 aromatic rings. The van der Waals surface area contributed by atoms with Crippen molar-refractivity contribution in [3.63, 3.8) is 0 Å². The third-order valence-electron chi connectivity index (χ3n) is 3.75. The summed E-state index contributed by atoms with van der Waals surface area (Å²) in [5.41, 5.74) is 2.03. The van der Waals surface area contributed by atoms with Gasteiger partial charge in [-0.25, -0.2) is 0 Å². The molecule has 0 radical (unpaired) electrons. The number of furan rings is 1. The fourth-order valence-electron chi connectivity index (χ4n) is 2.58. The number of carbonyl (C=O) groups excluding carboxylic acids is 1. The summed E-state index contributed by atoms with van der Waals surface area (Å²) in [6, 6.07) is 3.85. The molecule has 0 saturated carbocycles. The molecule has 0 bridgehead atoms. The molecule has 22 heavy (non-hydrogen) atoms. The minimum absolute atomic E-state index is 0. The lowest BCUT2D eigenvalue weighted by Crippen LogP contribution is -2.29. The van der Waals surface area contributed by atoms with Crippen molar-refractivity contribution in [2.45, 2.75) is 31.8 Å². The quantitative estimate of drug-likeness (QED) is 0.877. The fourth-order valence-corrected chi connectivity index (χ4v) is 2.58. The van der Waals surface area contributed by atoms with Gasteiger partial charge < -0.3 is 15.1 Å². The molecular weight excluding hydrogens is 304 g/mol. The van der Waals surface area contributed by atoms with Crippen LogP contribution < -0.4 is 10.6 Å². The van der Waals surface area contributed by atoms with Gasteiger partial charge in [-0.2, -0.15) is 5.10 Å². The molecule has 1 atom stereocenters. The molecular formula is C15H21ClN4O2. The second-order valence-electron chi connectivity index (χ2n) is 5.39. The number of nitrogens with zero attached hydrogens (tertiary/aromatic N) is 2. The summed E-state index contributed by atoms with van der Waals surface area (Å²) < 4.78 is 6.66. The molecule has 1 saturated heterocycles. The zero-order valence-electron chi connectivity index (χ0n) is 12.3. The van der Waals surface area contributed by atoms with E-state index in [1.54, 1.807) is 17.2 Å². The van der Waals surface area contributed by atoms with Crippen molar-refractivity contribution in [2.24, 2.45) is 0 Å². The predicted octanol–water partition coefficient (Wildman–Crippen LogP) is 1.68. The van der Waals surface area contributed by atoms with Gasteiger partial charge in [-0.1, -0.05) is 0 Å². The van der Waals surface area contributed by atoms with Crippen LogP contribution in [0.25, 0.3) is 0 Å². The van der Waals surface area contributed by atoms with Gasteiger partial charge in [-0.05, 0) is 31.5 Å². The Kier molecular flexibility index (Phi) is 6.03.